The van der Waals surface area contributed by atoms with Crippen LogP contribution in [0.3, 0.4) is 0 Å². The van der Waals surface area contributed by atoms with Crippen molar-refractivity contribution in [3.05, 3.63) is 18.1 Å². The van der Waals surface area contributed by atoms with E-state index in [1.807, 2.05) is 0 Å². The van der Waals surface area contributed by atoms with Crippen molar-refractivity contribution in [3.63, 3.8) is 0 Å². The first-order chi connectivity index (χ1) is 7.65. The van der Waals surface area contributed by atoms with Crippen LogP contribution in [0.15, 0.2) is 12.4 Å². The summed E-state index contributed by atoms with van der Waals surface area (Å²) in [4.78, 5) is 10.5. The van der Waals surface area contributed by atoms with Gasteiger partial charge in [-0.25, -0.2) is 9.97 Å². The number of nitriles is 1. The molecule has 84 valence electrons. The molecule has 0 bridgehead atoms. The first-order valence-electron chi connectivity index (χ1n) is 5.34. The normalized spacial score (nSPS) is 19.2. The maximum absolute atomic E-state index is 9.02. The number of hydrogen-bond donors (Lipinski definition) is 1. The van der Waals surface area contributed by atoms with Crippen LogP contribution in [0, 0.1) is 11.3 Å². The molecule has 1 fully saturated rings. The zero-order chi connectivity index (χ0) is 11.6. The lowest BCUT2D eigenvalue weighted by Crippen LogP contribution is -2.58. The quantitative estimate of drug-likeness (QED) is 0.743. The maximum Gasteiger partial charge on any atom is 0.183 e. The molecule has 5 nitrogen and oxygen atoms in total. The highest BCUT2D eigenvalue weighted by Gasteiger charge is 2.32. The smallest absolute Gasteiger partial charge is 0.183 e. The van der Waals surface area contributed by atoms with Crippen molar-refractivity contribution in [2.24, 2.45) is 0 Å². The molecule has 1 aromatic rings. The highest BCUT2D eigenvalue weighted by molar-refractivity contribution is 5.52. The van der Waals surface area contributed by atoms with Gasteiger partial charge in [-0.2, -0.15) is 5.26 Å². The van der Waals surface area contributed by atoms with E-state index in [4.69, 9.17) is 5.26 Å². The predicted octanol–water partition coefficient (Wildman–Crippen LogP) is 0.536. The fraction of sp³-hybridized carbons (Fsp3) is 0.545. The lowest BCUT2D eigenvalue weighted by Gasteiger charge is -2.43. The second kappa shape index (κ2) is 4.06. The average molecular weight is 217 g/mol. The molecule has 0 spiro atoms. The van der Waals surface area contributed by atoms with Crippen molar-refractivity contribution < 1.29 is 0 Å². The van der Waals surface area contributed by atoms with Crippen LogP contribution in [0.4, 0.5) is 5.82 Å². The summed E-state index contributed by atoms with van der Waals surface area (Å²) < 4.78 is 0. The molecular formula is C11H15N5. The van der Waals surface area contributed by atoms with E-state index in [9.17, 15) is 0 Å². The van der Waals surface area contributed by atoms with Gasteiger partial charge in [-0.3, -0.25) is 0 Å². The van der Waals surface area contributed by atoms with Crippen LogP contribution in [-0.4, -0.2) is 35.1 Å². The summed E-state index contributed by atoms with van der Waals surface area (Å²) in [5.74, 6) is 0.691. The van der Waals surface area contributed by atoms with E-state index in [1.165, 1.54) is 0 Å². The second-order valence-corrected chi connectivity index (χ2v) is 4.48. The molecule has 0 saturated carbocycles. The standard InChI is InChI=1S/C11H15N5/c1-11(2)8-13-5-6-16(11)10-9(7-12)14-3-4-15-10/h3-4,13H,5-6,8H2,1-2H3. The summed E-state index contributed by atoms with van der Waals surface area (Å²) in [6, 6.07) is 2.09. The summed E-state index contributed by atoms with van der Waals surface area (Å²) in [5.41, 5.74) is 0.359. The van der Waals surface area contributed by atoms with Gasteiger partial charge in [-0.05, 0) is 13.8 Å². The Labute approximate surface area is 95.1 Å². The molecule has 1 N–H and O–H groups in total. The van der Waals surface area contributed by atoms with Gasteiger partial charge in [0.1, 0.15) is 6.07 Å². The molecule has 1 aromatic heterocycles. The second-order valence-electron chi connectivity index (χ2n) is 4.48. The Morgan fingerprint density at radius 3 is 2.88 bits per heavy atom. The molecule has 2 heterocycles. The Morgan fingerprint density at radius 2 is 2.19 bits per heavy atom. The summed E-state index contributed by atoms with van der Waals surface area (Å²) in [6.45, 7) is 6.91. The van der Waals surface area contributed by atoms with Gasteiger partial charge in [0.25, 0.3) is 0 Å². The number of hydrogen-bond acceptors (Lipinski definition) is 5. The van der Waals surface area contributed by atoms with E-state index in [-0.39, 0.29) is 5.54 Å². The molecule has 0 amide bonds. The Morgan fingerprint density at radius 1 is 1.44 bits per heavy atom. The van der Waals surface area contributed by atoms with E-state index in [2.05, 4.69) is 40.1 Å². The van der Waals surface area contributed by atoms with E-state index in [1.54, 1.807) is 12.4 Å². The maximum atomic E-state index is 9.02. The third-order valence-corrected chi connectivity index (χ3v) is 2.84. The van der Waals surface area contributed by atoms with Crippen molar-refractivity contribution in [2.45, 2.75) is 19.4 Å². The van der Waals surface area contributed by atoms with Crippen LogP contribution in [0.5, 0.6) is 0 Å². The molecule has 0 unspecified atom stereocenters. The Bertz CT molecular complexity index is 421. The van der Waals surface area contributed by atoms with Crippen LogP contribution in [0.2, 0.25) is 0 Å². The van der Waals surface area contributed by atoms with Crippen molar-refractivity contribution in [1.82, 2.24) is 15.3 Å². The molecule has 16 heavy (non-hydrogen) atoms. The molecule has 0 atom stereocenters. The largest absolute Gasteiger partial charge is 0.347 e. The third kappa shape index (κ3) is 1.84. The number of nitrogens with zero attached hydrogens (tertiary/aromatic N) is 4. The molecule has 0 aromatic carbocycles. The average Bonchev–Trinajstić information content (AvgIpc) is 2.28. The van der Waals surface area contributed by atoms with Gasteiger partial charge in [0.2, 0.25) is 0 Å². The predicted molar refractivity (Wildman–Crippen MR) is 61.0 cm³/mol. The highest BCUT2D eigenvalue weighted by Crippen LogP contribution is 2.24. The summed E-state index contributed by atoms with van der Waals surface area (Å²) in [7, 11) is 0. The minimum absolute atomic E-state index is 0.0418. The molecule has 0 aliphatic carbocycles. The molecule has 2 rings (SSSR count). The van der Waals surface area contributed by atoms with E-state index < -0.39 is 0 Å². The van der Waals surface area contributed by atoms with Crippen LogP contribution in [0.25, 0.3) is 0 Å². The van der Waals surface area contributed by atoms with Gasteiger partial charge in [-0.15, -0.1) is 0 Å². The monoisotopic (exact) mass is 217 g/mol. The molecular weight excluding hydrogens is 202 g/mol. The number of rotatable bonds is 1. The van der Waals surface area contributed by atoms with E-state index >= 15 is 0 Å². The summed E-state index contributed by atoms with van der Waals surface area (Å²) >= 11 is 0. The summed E-state index contributed by atoms with van der Waals surface area (Å²) in [5, 5.41) is 12.4. The number of nitrogens with one attached hydrogen (secondary N) is 1. The highest BCUT2D eigenvalue weighted by atomic mass is 15.3. The Balaban J connectivity index is 2.39. The first-order valence-corrected chi connectivity index (χ1v) is 5.34. The minimum Gasteiger partial charge on any atom is -0.347 e. The minimum atomic E-state index is -0.0418. The number of aromatic nitrogens is 2. The molecule has 5 heteroatoms. The molecule has 1 aliphatic rings. The molecule has 1 saturated heterocycles. The zero-order valence-electron chi connectivity index (χ0n) is 9.56. The number of piperazine rings is 1. The fourth-order valence-corrected chi connectivity index (χ4v) is 1.98. The molecule has 0 radical (unpaired) electrons. The lowest BCUT2D eigenvalue weighted by atomic mass is 10.00. The van der Waals surface area contributed by atoms with Gasteiger partial charge < -0.3 is 10.2 Å². The van der Waals surface area contributed by atoms with Crippen LogP contribution >= 0.6 is 0 Å². The van der Waals surface area contributed by atoms with Gasteiger partial charge >= 0.3 is 0 Å². The van der Waals surface area contributed by atoms with Crippen LogP contribution in [0.1, 0.15) is 19.5 Å². The Kier molecular flexibility index (Phi) is 2.75. The first kappa shape index (κ1) is 10.8. The van der Waals surface area contributed by atoms with Crippen LogP contribution in [-0.2, 0) is 0 Å². The third-order valence-electron chi connectivity index (χ3n) is 2.84. The fourth-order valence-electron chi connectivity index (χ4n) is 1.98. The Hall–Kier alpha value is -1.67. The van der Waals surface area contributed by atoms with Crippen molar-refractivity contribution in [3.8, 4) is 6.07 Å². The van der Waals surface area contributed by atoms with Gasteiger partial charge in [0.15, 0.2) is 11.5 Å². The van der Waals surface area contributed by atoms with Crippen molar-refractivity contribution >= 4 is 5.82 Å². The van der Waals surface area contributed by atoms with Crippen molar-refractivity contribution in [2.75, 3.05) is 24.5 Å². The van der Waals surface area contributed by atoms with E-state index in [0.29, 0.717) is 11.5 Å². The van der Waals surface area contributed by atoms with Crippen LogP contribution < -0.4 is 10.2 Å². The van der Waals surface area contributed by atoms with Gasteiger partial charge in [0.05, 0.1) is 0 Å². The van der Waals surface area contributed by atoms with Gasteiger partial charge in [-0.1, -0.05) is 0 Å². The molecule has 1 aliphatic heterocycles. The zero-order valence-corrected chi connectivity index (χ0v) is 9.56. The number of anilines is 1. The SMILES string of the molecule is CC1(C)CNCCN1c1nccnc1C#N. The van der Waals surface area contributed by atoms with Gasteiger partial charge in [0, 0.05) is 37.6 Å². The summed E-state index contributed by atoms with van der Waals surface area (Å²) in [6.07, 6.45) is 3.19. The lowest BCUT2D eigenvalue weighted by molar-refractivity contribution is 0.377. The topological polar surface area (TPSA) is 64.8 Å². The van der Waals surface area contributed by atoms with E-state index in [0.717, 1.165) is 19.6 Å². The van der Waals surface area contributed by atoms with Crippen molar-refractivity contribution in [1.29, 1.82) is 5.26 Å².